The highest BCUT2D eigenvalue weighted by Crippen LogP contribution is 2.26. The number of aryl methyl sites for hydroxylation is 1. The van der Waals surface area contributed by atoms with Crippen molar-refractivity contribution in [2.75, 3.05) is 0 Å². The average Bonchev–Trinajstić information content (AvgIpc) is 2.34. The van der Waals surface area contributed by atoms with Gasteiger partial charge in [0.25, 0.3) is 0 Å². The van der Waals surface area contributed by atoms with Crippen molar-refractivity contribution in [1.82, 2.24) is 0 Å². The summed E-state index contributed by atoms with van der Waals surface area (Å²) >= 11 is 3.38. The predicted molar refractivity (Wildman–Crippen MR) is 71.3 cm³/mol. The average molecular weight is 293 g/mol. The lowest BCUT2D eigenvalue weighted by atomic mass is 10.1. The SMILES string of the molecule is Cc1cc(CO)ccc1Oc1ccc(Br)cc1. The van der Waals surface area contributed by atoms with Gasteiger partial charge in [0.05, 0.1) is 6.61 Å². The van der Waals surface area contributed by atoms with Gasteiger partial charge in [-0.15, -0.1) is 0 Å². The maximum Gasteiger partial charge on any atom is 0.130 e. The Hall–Kier alpha value is -1.32. The van der Waals surface area contributed by atoms with Crippen LogP contribution in [0.1, 0.15) is 11.1 Å². The van der Waals surface area contributed by atoms with Crippen molar-refractivity contribution in [3.63, 3.8) is 0 Å². The fraction of sp³-hybridized carbons (Fsp3) is 0.143. The molecule has 0 heterocycles. The van der Waals surface area contributed by atoms with Crippen LogP contribution in [-0.2, 0) is 6.61 Å². The van der Waals surface area contributed by atoms with Crippen molar-refractivity contribution in [3.05, 3.63) is 58.1 Å². The molecule has 2 aromatic rings. The Morgan fingerprint density at radius 2 is 1.82 bits per heavy atom. The van der Waals surface area contributed by atoms with Crippen LogP contribution in [0.3, 0.4) is 0 Å². The summed E-state index contributed by atoms with van der Waals surface area (Å²) in [5.41, 5.74) is 1.91. The molecule has 1 N–H and O–H groups in total. The Bertz CT molecular complexity index is 506. The summed E-state index contributed by atoms with van der Waals surface area (Å²) in [6, 6.07) is 13.4. The van der Waals surface area contributed by atoms with Crippen LogP contribution in [0.4, 0.5) is 0 Å². The Balaban J connectivity index is 2.21. The van der Waals surface area contributed by atoms with Gasteiger partial charge in [0.1, 0.15) is 11.5 Å². The van der Waals surface area contributed by atoms with Crippen LogP contribution in [-0.4, -0.2) is 5.11 Å². The van der Waals surface area contributed by atoms with Crippen molar-refractivity contribution in [2.45, 2.75) is 13.5 Å². The zero-order valence-electron chi connectivity index (χ0n) is 9.48. The lowest BCUT2D eigenvalue weighted by Crippen LogP contribution is -1.90. The second kappa shape index (κ2) is 5.34. The normalized spacial score (nSPS) is 10.3. The van der Waals surface area contributed by atoms with E-state index in [1.807, 2.05) is 49.4 Å². The van der Waals surface area contributed by atoms with Crippen LogP contribution in [0.15, 0.2) is 46.9 Å². The Labute approximate surface area is 109 Å². The van der Waals surface area contributed by atoms with Gasteiger partial charge in [0.15, 0.2) is 0 Å². The third kappa shape index (κ3) is 3.08. The van der Waals surface area contributed by atoms with Crippen molar-refractivity contribution in [1.29, 1.82) is 0 Å². The lowest BCUT2D eigenvalue weighted by Gasteiger charge is -2.09. The Morgan fingerprint density at radius 1 is 1.12 bits per heavy atom. The molecule has 0 aliphatic carbocycles. The van der Waals surface area contributed by atoms with Gasteiger partial charge in [-0.1, -0.05) is 28.1 Å². The minimum atomic E-state index is 0.0550. The summed E-state index contributed by atoms with van der Waals surface area (Å²) in [5.74, 6) is 1.61. The van der Waals surface area contributed by atoms with E-state index >= 15 is 0 Å². The number of aliphatic hydroxyl groups is 1. The quantitative estimate of drug-likeness (QED) is 0.925. The van der Waals surface area contributed by atoms with Gasteiger partial charge < -0.3 is 9.84 Å². The molecule has 0 aliphatic heterocycles. The minimum absolute atomic E-state index is 0.0550. The number of benzene rings is 2. The molecule has 0 aromatic heterocycles. The Kier molecular flexibility index (Phi) is 3.82. The highest BCUT2D eigenvalue weighted by molar-refractivity contribution is 9.10. The molecule has 0 saturated heterocycles. The molecule has 0 unspecified atom stereocenters. The molecule has 0 spiro atoms. The van der Waals surface area contributed by atoms with Crippen LogP contribution in [0, 0.1) is 6.92 Å². The van der Waals surface area contributed by atoms with Crippen LogP contribution in [0.25, 0.3) is 0 Å². The largest absolute Gasteiger partial charge is 0.457 e. The van der Waals surface area contributed by atoms with E-state index in [0.717, 1.165) is 27.1 Å². The highest BCUT2D eigenvalue weighted by atomic mass is 79.9. The molecule has 2 nitrogen and oxygen atoms in total. The van der Waals surface area contributed by atoms with Gasteiger partial charge in [-0.25, -0.2) is 0 Å². The zero-order valence-corrected chi connectivity index (χ0v) is 11.1. The molecule has 0 amide bonds. The molecule has 3 heteroatoms. The first-order chi connectivity index (χ1) is 8.19. The third-order valence-electron chi connectivity index (χ3n) is 2.46. The predicted octanol–water partition coefficient (Wildman–Crippen LogP) is 4.04. The third-order valence-corrected chi connectivity index (χ3v) is 2.99. The lowest BCUT2D eigenvalue weighted by molar-refractivity contribution is 0.281. The van der Waals surface area contributed by atoms with Gasteiger partial charge in [-0.2, -0.15) is 0 Å². The summed E-state index contributed by atoms with van der Waals surface area (Å²) in [6.07, 6.45) is 0. The smallest absolute Gasteiger partial charge is 0.130 e. The summed E-state index contributed by atoms with van der Waals surface area (Å²) in [6.45, 7) is 2.02. The van der Waals surface area contributed by atoms with E-state index < -0.39 is 0 Å². The monoisotopic (exact) mass is 292 g/mol. The molecule has 0 fully saturated rings. The summed E-state index contributed by atoms with van der Waals surface area (Å²) in [7, 11) is 0. The summed E-state index contributed by atoms with van der Waals surface area (Å²) < 4.78 is 6.79. The van der Waals surface area contributed by atoms with Gasteiger partial charge in [0.2, 0.25) is 0 Å². The molecule has 0 aliphatic rings. The van der Waals surface area contributed by atoms with Crippen molar-refractivity contribution in [2.24, 2.45) is 0 Å². The summed E-state index contributed by atoms with van der Waals surface area (Å²) in [5, 5.41) is 9.03. The molecule has 17 heavy (non-hydrogen) atoms. The van der Waals surface area contributed by atoms with Crippen LogP contribution in [0.2, 0.25) is 0 Å². The van der Waals surface area contributed by atoms with Gasteiger partial charge in [-0.05, 0) is 48.4 Å². The van der Waals surface area contributed by atoms with Crippen LogP contribution in [0.5, 0.6) is 11.5 Å². The molecule has 88 valence electrons. The molecule has 0 saturated carbocycles. The van der Waals surface area contributed by atoms with Gasteiger partial charge in [0, 0.05) is 4.47 Å². The van der Waals surface area contributed by atoms with E-state index in [1.54, 1.807) is 0 Å². The fourth-order valence-electron chi connectivity index (χ4n) is 1.55. The number of rotatable bonds is 3. The van der Waals surface area contributed by atoms with Gasteiger partial charge in [-0.3, -0.25) is 0 Å². The molecule has 0 radical (unpaired) electrons. The van der Waals surface area contributed by atoms with Crippen molar-refractivity contribution in [3.8, 4) is 11.5 Å². The molecule has 2 aromatic carbocycles. The van der Waals surface area contributed by atoms with Crippen molar-refractivity contribution < 1.29 is 9.84 Å². The summed E-state index contributed by atoms with van der Waals surface area (Å²) in [4.78, 5) is 0. The second-order valence-electron chi connectivity index (χ2n) is 3.81. The van der Waals surface area contributed by atoms with Crippen molar-refractivity contribution >= 4 is 15.9 Å². The minimum Gasteiger partial charge on any atom is -0.457 e. The van der Waals surface area contributed by atoms with E-state index in [0.29, 0.717) is 0 Å². The first kappa shape index (κ1) is 12.1. The van der Waals surface area contributed by atoms with E-state index in [4.69, 9.17) is 9.84 Å². The molecule has 0 atom stereocenters. The molecule has 2 rings (SSSR count). The van der Waals surface area contributed by atoms with E-state index in [1.165, 1.54) is 0 Å². The maximum atomic E-state index is 9.03. The number of aliphatic hydroxyl groups excluding tert-OH is 1. The van der Waals surface area contributed by atoms with Crippen LogP contribution < -0.4 is 4.74 Å². The Morgan fingerprint density at radius 3 is 2.41 bits per heavy atom. The first-order valence-corrected chi connectivity index (χ1v) is 6.12. The van der Waals surface area contributed by atoms with Gasteiger partial charge >= 0.3 is 0 Å². The van der Waals surface area contributed by atoms with E-state index in [2.05, 4.69) is 15.9 Å². The standard InChI is InChI=1S/C14H13BrO2/c1-10-8-11(9-16)2-7-14(10)17-13-5-3-12(15)4-6-13/h2-8,16H,9H2,1H3. The number of hydrogen-bond acceptors (Lipinski definition) is 2. The molecule has 0 bridgehead atoms. The number of ether oxygens (including phenoxy) is 1. The highest BCUT2D eigenvalue weighted by Gasteiger charge is 2.02. The topological polar surface area (TPSA) is 29.5 Å². The zero-order chi connectivity index (χ0) is 12.3. The second-order valence-corrected chi connectivity index (χ2v) is 4.73. The van der Waals surface area contributed by atoms with E-state index in [-0.39, 0.29) is 6.61 Å². The number of hydrogen-bond donors (Lipinski definition) is 1. The number of halogens is 1. The molecular weight excluding hydrogens is 280 g/mol. The fourth-order valence-corrected chi connectivity index (χ4v) is 1.82. The van der Waals surface area contributed by atoms with Crippen LogP contribution >= 0.6 is 15.9 Å². The maximum absolute atomic E-state index is 9.03. The first-order valence-electron chi connectivity index (χ1n) is 5.33. The molecular formula is C14H13BrO2. The van der Waals surface area contributed by atoms with E-state index in [9.17, 15) is 0 Å².